The Balaban J connectivity index is 2.77. The lowest BCUT2D eigenvalue weighted by molar-refractivity contribution is -0.112. The Morgan fingerprint density at radius 1 is 1.29 bits per heavy atom. The molecular formula is C8H2BrCl2NO2. The molecule has 1 aliphatic rings. The van der Waals surface area contributed by atoms with Gasteiger partial charge in [-0.1, -0.05) is 23.2 Å². The van der Waals surface area contributed by atoms with Crippen molar-refractivity contribution in [3.05, 3.63) is 26.1 Å². The van der Waals surface area contributed by atoms with Crippen molar-refractivity contribution in [1.82, 2.24) is 0 Å². The molecule has 14 heavy (non-hydrogen) atoms. The highest BCUT2D eigenvalue weighted by molar-refractivity contribution is 9.10. The third kappa shape index (κ3) is 1.26. The molecule has 0 saturated carbocycles. The summed E-state index contributed by atoms with van der Waals surface area (Å²) in [5.74, 6) is -1.32. The molecule has 1 aromatic rings. The van der Waals surface area contributed by atoms with E-state index in [2.05, 4.69) is 21.2 Å². The van der Waals surface area contributed by atoms with Crippen LogP contribution in [0.1, 0.15) is 10.4 Å². The summed E-state index contributed by atoms with van der Waals surface area (Å²) < 4.78 is 0.421. The van der Waals surface area contributed by atoms with E-state index in [4.69, 9.17) is 23.2 Å². The molecular weight excluding hydrogens is 293 g/mol. The fraction of sp³-hybridized carbons (Fsp3) is 0. The van der Waals surface area contributed by atoms with Gasteiger partial charge < -0.3 is 5.32 Å². The second-order valence-corrected chi connectivity index (χ2v) is 4.27. The Hall–Kier alpha value is -0.580. The maximum absolute atomic E-state index is 11.3. The molecule has 0 spiro atoms. The van der Waals surface area contributed by atoms with Gasteiger partial charge in [-0.15, -0.1) is 0 Å². The molecule has 0 aromatic heterocycles. The fourth-order valence-electron chi connectivity index (χ4n) is 1.21. The number of Topliss-reactive ketones (excluding diaryl/α,β-unsaturated/α-hetero) is 1. The van der Waals surface area contributed by atoms with E-state index in [0.717, 1.165) is 0 Å². The number of nitrogens with one attached hydrogen (secondary N) is 1. The third-order valence-corrected chi connectivity index (χ3v) is 3.80. The Kier molecular flexibility index (Phi) is 2.29. The Morgan fingerprint density at radius 3 is 2.57 bits per heavy atom. The quantitative estimate of drug-likeness (QED) is 0.591. The topological polar surface area (TPSA) is 46.2 Å². The van der Waals surface area contributed by atoms with Crippen molar-refractivity contribution in [1.29, 1.82) is 0 Å². The normalized spacial score (nSPS) is 14.2. The van der Waals surface area contributed by atoms with Gasteiger partial charge in [0.15, 0.2) is 0 Å². The van der Waals surface area contributed by atoms with Gasteiger partial charge in [0, 0.05) is 0 Å². The van der Waals surface area contributed by atoms with E-state index in [1.165, 1.54) is 6.07 Å². The van der Waals surface area contributed by atoms with Crippen molar-refractivity contribution < 1.29 is 9.59 Å². The molecule has 3 nitrogen and oxygen atoms in total. The highest BCUT2D eigenvalue weighted by Crippen LogP contribution is 2.40. The minimum Gasteiger partial charge on any atom is -0.318 e. The minimum atomic E-state index is -0.684. The van der Waals surface area contributed by atoms with Gasteiger partial charge in [0.05, 0.1) is 25.8 Å². The number of anilines is 1. The summed E-state index contributed by atoms with van der Waals surface area (Å²) in [6.45, 7) is 0. The molecule has 72 valence electrons. The van der Waals surface area contributed by atoms with Crippen molar-refractivity contribution in [2.45, 2.75) is 0 Å². The molecule has 6 heteroatoms. The molecule has 1 aromatic carbocycles. The first-order chi connectivity index (χ1) is 6.52. The highest BCUT2D eigenvalue weighted by Gasteiger charge is 2.32. The molecule has 2 rings (SSSR count). The molecule has 1 N–H and O–H groups in total. The van der Waals surface area contributed by atoms with Crippen LogP contribution in [0.4, 0.5) is 5.69 Å². The summed E-state index contributed by atoms with van der Waals surface area (Å²) >= 11 is 14.8. The van der Waals surface area contributed by atoms with Crippen molar-refractivity contribution >= 4 is 56.5 Å². The van der Waals surface area contributed by atoms with E-state index in [9.17, 15) is 9.59 Å². The molecule has 0 radical (unpaired) electrons. The van der Waals surface area contributed by atoms with Crippen LogP contribution in [0.15, 0.2) is 10.5 Å². The van der Waals surface area contributed by atoms with Crippen molar-refractivity contribution in [3.63, 3.8) is 0 Å². The van der Waals surface area contributed by atoms with Gasteiger partial charge in [-0.25, -0.2) is 0 Å². The fourth-order valence-corrected chi connectivity index (χ4v) is 2.06. The molecule has 0 fully saturated rings. The minimum absolute atomic E-state index is 0.163. The SMILES string of the molecule is O=C1Nc2cc(Cl)c(Br)c(Cl)c2C1=O. The lowest BCUT2D eigenvalue weighted by Gasteiger charge is -2.03. The lowest BCUT2D eigenvalue weighted by atomic mass is 10.1. The van der Waals surface area contributed by atoms with Gasteiger partial charge in [-0.2, -0.15) is 0 Å². The highest BCUT2D eigenvalue weighted by atomic mass is 79.9. The molecule has 1 amide bonds. The number of carbonyl (C=O) groups excluding carboxylic acids is 2. The van der Waals surface area contributed by atoms with Crippen molar-refractivity contribution in [2.24, 2.45) is 0 Å². The van der Waals surface area contributed by atoms with E-state index < -0.39 is 11.7 Å². The third-order valence-electron chi connectivity index (χ3n) is 1.84. The lowest BCUT2D eigenvalue weighted by Crippen LogP contribution is -2.12. The van der Waals surface area contributed by atoms with E-state index in [-0.39, 0.29) is 10.6 Å². The van der Waals surface area contributed by atoms with Gasteiger partial charge in [-0.05, 0) is 22.0 Å². The van der Waals surface area contributed by atoms with Crippen LogP contribution in [0.2, 0.25) is 10.0 Å². The maximum atomic E-state index is 11.3. The van der Waals surface area contributed by atoms with E-state index in [1.807, 2.05) is 0 Å². The van der Waals surface area contributed by atoms with Gasteiger partial charge in [0.25, 0.3) is 11.7 Å². The number of hydrogen-bond donors (Lipinski definition) is 1. The predicted octanol–water partition coefficient (Wildman–Crippen LogP) is 2.89. The van der Waals surface area contributed by atoms with Crippen LogP contribution in [-0.2, 0) is 4.79 Å². The van der Waals surface area contributed by atoms with Gasteiger partial charge >= 0.3 is 0 Å². The van der Waals surface area contributed by atoms with Gasteiger partial charge in [0.2, 0.25) is 0 Å². The number of ketones is 1. The second-order valence-electron chi connectivity index (χ2n) is 2.69. The van der Waals surface area contributed by atoms with Crippen molar-refractivity contribution in [2.75, 3.05) is 5.32 Å². The first-order valence-corrected chi connectivity index (χ1v) is 5.10. The summed E-state index contributed by atoms with van der Waals surface area (Å²) in [5, 5.41) is 2.89. The summed E-state index contributed by atoms with van der Waals surface area (Å²) in [5.41, 5.74) is 0.533. The van der Waals surface area contributed by atoms with Crippen LogP contribution in [-0.4, -0.2) is 11.7 Å². The molecule has 0 atom stereocenters. The number of fused-ring (bicyclic) bond motifs is 1. The van der Waals surface area contributed by atoms with Crippen LogP contribution in [0, 0.1) is 0 Å². The Morgan fingerprint density at radius 2 is 1.93 bits per heavy atom. The number of halogens is 3. The molecule has 1 heterocycles. The first-order valence-electron chi connectivity index (χ1n) is 3.55. The number of rotatable bonds is 0. The van der Waals surface area contributed by atoms with Crippen LogP contribution in [0.25, 0.3) is 0 Å². The standard InChI is InChI=1S/C8H2BrCl2NO2/c9-5-2(10)1-3-4(6(5)11)7(13)8(14)12-3/h1H,(H,12,13,14). The summed E-state index contributed by atoms with van der Waals surface area (Å²) in [6, 6.07) is 1.48. The van der Waals surface area contributed by atoms with E-state index in [0.29, 0.717) is 15.2 Å². The number of amides is 1. The Labute approximate surface area is 97.5 Å². The molecule has 1 aliphatic heterocycles. The number of benzene rings is 1. The summed E-state index contributed by atoms with van der Waals surface area (Å²) in [4.78, 5) is 22.3. The molecule has 0 bridgehead atoms. The van der Waals surface area contributed by atoms with Crippen LogP contribution in [0.3, 0.4) is 0 Å². The monoisotopic (exact) mass is 293 g/mol. The first kappa shape index (κ1) is 9.96. The molecule has 0 saturated heterocycles. The summed E-state index contributed by atoms with van der Waals surface area (Å²) in [6.07, 6.45) is 0. The zero-order chi connectivity index (χ0) is 10.5. The number of hydrogen-bond acceptors (Lipinski definition) is 2. The van der Waals surface area contributed by atoms with Gasteiger partial charge in [-0.3, -0.25) is 9.59 Å². The van der Waals surface area contributed by atoms with Crippen molar-refractivity contribution in [3.8, 4) is 0 Å². The Bertz CT molecular complexity index is 473. The molecule has 0 unspecified atom stereocenters. The zero-order valence-electron chi connectivity index (χ0n) is 6.53. The zero-order valence-corrected chi connectivity index (χ0v) is 9.63. The largest absolute Gasteiger partial charge is 0.318 e. The van der Waals surface area contributed by atoms with Gasteiger partial charge in [0.1, 0.15) is 0 Å². The second kappa shape index (κ2) is 3.22. The van der Waals surface area contributed by atoms with Crippen LogP contribution >= 0.6 is 39.1 Å². The summed E-state index contributed by atoms with van der Waals surface area (Å²) in [7, 11) is 0. The maximum Gasteiger partial charge on any atom is 0.296 e. The predicted molar refractivity (Wildman–Crippen MR) is 57.1 cm³/mol. The smallest absolute Gasteiger partial charge is 0.296 e. The average molecular weight is 295 g/mol. The average Bonchev–Trinajstić information content (AvgIpc) is 2.39. The van der Waals surface area contributed by atoms with Crippen LogP contribution < -0.4 is 5.32 Å². The van der Waals surface area contributed by atoms with Crippen LogP contribution in [0.5, 0.6) is 0 Å². The van der Waals surface area contributed by atoms with E-state index in [1.54, 1.807) is 0 Å². The van der Waals surface area contributed by atoms with E-state index >= 15 is 0 Å². The number of carbonyl (C=O) groups is 2. The molecule has 0 aliphatic carbocycles.